The fraction of sp³-hybridized carbons (Fsp3) is 0. The average Bonchev–Trinajstić information content (AvgIpc) is 0.790. The summed E-state index contributed by atoms with van der Waals surface area (Å²) in [5.74, 6) is 1.36. The van der Waals surface area contributed by atoms with Gasteiger partial charge in [-0.3, -0.25) is 0 Å². The van der Waals surface area contributed by atoms with Crippen LogP contribution in [0.3, 0.4) is 0 Å². The number of aromatic nitrogens is 8. The number of hydrogen-bond acceptors (Lipinski definition) is 8. The zero-order valence-electron chi connectivity index (χ0n) is 54.1. The molecule has 0 saturated carbocycles. The number of benzene rings is 13. The minimum absolute atomic E-state index is 0.678. The maximum Gasteiger partial charge on any atom is 0.160 e. The van der Waals surface area contributed by atoms with Crippen LogP contribution < -0.4 is 0 Å². The van der Waals surface area contributed by atoms with Gasteiger partial charge >= 0.3 is 0 Å². The molecule has 13 aromatic carbocycles. The van der Waals surface area contributed by atoms with Gasteiger partial charge in [-0.05, 0) is 146 Å². The third-order valence-electron chi connectivity index (χ3n) is 18.7. The highest BCUT2D eigenvalue weighted by molar-refractivity contribution is 6.14. The molecule has 8 heteroatoms. The summed E-state index contributed by atoms with van der Waals surface area (Å²) in [6.45, 7) is 0. The van der Waals surface area contributed by atoms with Crippen LogP contribution in [0.5, 0.6) is 0 Å². The summed E-state index contributed by atoms with van der Waals surface area (Å²) in [6.07, 6.45) is 0. The standard InChI is InChI=1S/C48H30N4.C44H28N4/c1-3-11-32(12-4-1)45-30-46(52-48(51-45)34-13-5-2-6-14-34)44-27-23-38-29-36(21-25-42(38)50-44)35-20-24-41-37(28-35)22-26-43(49-41)40-17-9-15-33-19-18-31-10-7-8-16-39(31)47(33)40;1-3-10-30(11-4-1)42-28-43(48-44(47-42)31-12-5-2-6-13-31)41-24-20-37-27-34(18-22-40(37)46-41)33-17-21-38-36(26-33)19-23-39(45-38)35-16-15-29-9-7-8-14-32(29)25-35/h1-30H;1-28H. The van der Waals surface area contributed by atoms with E-state index < -0.39 is 0 Å². The molecule has 0 aliphatic heterocycles. The van der Waals surface area contributed by atoms with Gasteiger partial charge in [0.1, 0.15) is 0 Å². The van der Waals surface area contributed by atoms with Crippen molar-refractivity contribution in [2.45, 2.75) is 0 Å². The zero-order valence-corrected chi connectivity index (χ0v) is 54.1. The van der Waals surface area contributed by atoms with Crippen molar-refractivity contribution < 1.29 is 0 Å². The van der Waals surface area contributed by atoms with Crippen molar-refractivity contribution in [1.82, 2.24) is 39.9 Å². The molecular weight excluding hydrogens is 1220 g/mol. The maximum atomic E-state index is 5.16. The Morgan fingerprint density at radius 1 is 0.150 bits per heavy atom. The van der Waals surface area contributed by atoms with E-state index in [4.69, 9.17) is 39.9 Å². The second-order valence-corrected chi connectivity index (χ2v) is 25.1. The normalized spacial score (nSPS) is 11.4. The first-order chi connectivity index (χ1) is 49.5. The lowest BCUT2D eigenvalue weighted by Gasteiger charge is -2.11. The quantitative estimate of drug-likeness (QED) is 0.125. The minimum Gasteiger partial charge on any atom is -0.248 e. The average molecular weight is 1280 g/mol. The van der Waals surface area contributed by atoms with Gasteiger partial charge in [0.2, 0.25) is 0 Å². The number of fused-ring (bicyclic) bond motifs is 8. The monoisotopic (exact) mass is 1270 g/mol. The highest BCUT2D eigenvalue weighted by Gasteiger charge is 2.17. The molecule has 466 valence electrons. The highest BCUT2D eigenvalue weighted by Crippen LogP contribution is 2.38. The SMILES string of the molecule is c1ccc(-c2cc(-c3ccc4cc(-c5ccc6nc(-c7ccc8ccccc8c7)ccc6c5)ccc4n3)nc(-c3ccccc3)n2)cc1.c1ccc(-c2cc(-c3ccc4cc(-c5ccc6nc(-c7cccc8ccc9ccccc9c78)ccc6c5)ccc4n3)nc(-c3ccccc3)n2)cc1. The molecule has 0 N–H and O–H groups in total. The lowest BCUT2D eigenvalue weighted by Crippen LogP contribution is -1.97. The second kappa shape index (κ2) is 25.5. The molecule has 0 spiro atoms. The van der Waals surface area contributed by atoms with Crippen molar-refractivity contribution in [3.63, 3.8) is 0 Å². The molecule has 0 saturated heterocycles. The second-order valence-electron chi connectivity index (χ2n) is 25.1. The van der Waals surface area contributed by atoms with Crippen LogP contribution >= 0.6 is 0 Å². The summed E-state index contributed by atoms with van der Waals surface area (Å²) in [7, 11) is 0. The lowest BCUT2D eigenvalue weighted by atomic mass is 9.95. The van der Waals surface area contributed by atoms with E-state index in [1.165, 1.54) is 32.3 Å². The van der Waals surface area contributed by atoms with E-state index in [1.54, 1.807) is 0 Å². The van der Waals surface area contributed by atoms with E-state index >= 15 is 0 Å². The van der Waals surface area contributed by atoms with Crippen molar-refractivity contribution in [2.75, 3.05) is 0 Å². The largest absolute Gasteiger partial charge is 0.248 e. The Morgan fingerprint density at radius 2 is 0.490 bits per heavy atom. The Kier molecular flexibility index (Phi) is 15.1. The van der Waals surface area contributed by atoms with Crippen LogP contribution in [0, 0.1) is 0 Å². The van der Waals surface area contributed by atoms with E-state index in [1.807, 2.05) is 109 Å². The molecule has 19 aromatic rings. The van der Waals surface area contributed by atoms with Crippen LogP contribution in [0.2, 0.25) is 0 Å². The Labute approximate surface area is 577 Å². The summed E-state index contributed by atoms with van der Waals surface area (Å²) in [6, 6.07) is 122. The zero-order chi connectivity index (χ0) is 66.3. The van der Waals surface area contributed by atoms with E-state index in [9.17, 15) is 0 Å². The van der Waals surface area contributed by atoms with Gasteiger partial charge in [-0.2, -0.15) is 0 Å². The topological polar surface area (TPSA) is 103 Å². The Balaban J connectivity index is 0.000000145. The van der Waals surface area contributed by atoms with Crippen LogP contribution in [-0.4, -0.2) is 39.9 Å². The van der Waals surface area contributed by atoms with E-state index in [0.717, 1.165) is 145 Å². The predicted molar refractivity (Wildman–Crippen MR) is 412 cm³/mol. The summed E-state index contributed by atoms with van der Waals surface area (Å²) < 4.78 is 0. The van der Waals surface area contributed by atoms with Crippen molar-refractivity contribution in [3.8, 4) is 113 Å². The van der Waals surface area contributed by atoms with Crippen LogP contribution in [0.1, 0.15) is 0 Å². The van der Waals surface area contributed by atoms with Gasteiger partial charge in [-0.25, -0.2) is 39.9 Å². The molecule has 0 radical (unpaired) electrons. The molecule has 8 nitrogen and oxygen atoms in total. The van der Waals surface area contributed by atoms with Gasteiger partial charge in [0, 0.05) is 54.9 Å². The first-order valence-electron chi connectivity index (χ1n) is 33.5. The van der Waals surface area contributed by atoms with Gasteiger partial charge in [0.25, 0.3) is 0 Å². The van der Waals surface area contributed by atoms with Crippen LogP contribution in [0.25, 0.3) is 189 Å². The van der Waals surface area contributed by atoms with Crippen LogP contribution in [0.15, 0.2) is 352 Å². The minimum atomic E-state index is 0.678. The van der Waals surface area contributed by atoms with E-state index in [-0.39, 0.29) is 0 Å². The van der Waals surface area contributed by atoms with E-state index in [2.05, 4.69) is 243 Å². The Hall–Kier alpha value is -13.6. The Bertz CT molecular complexity index is 6230. The predicted octanol–water partition coefficient (Wildman–Crippen LogP) is 23.3. The van der Waals surface area contributed by atoms with E-state index in [0.29, 0.717) is 11.6 Å². The van der Waals surface area contributed by atoms with Gasteiger partial charge in [-0.1, -0.05) is 261 Å². The highest BCUT2D eigenvalue weighted by atomic mass is 14.9. The molecule has 0 aliphatic rings. The summed E-state index contributed by atoms with van der Waals surface area (Å²) in [5, 5.41) is 11.7. The van der Waals surface area contributed by atoms with Crippen molar-refractivity contribution >= 4 is 75.9 Å². The number of rotatable bonds is 10. The third kappa shape index (κ3) is 11.7. The first kappa shape index (κ1) is 59.0. The smallest absolute Gasteiger partial charge is 0.160 e. The number of nitrogens with zero attached hydrogens (tertiary/aromatic N) is 8. The molecule has 0 unspecified atom stereocenters. The van der Waals surface area contributed by atoms with Crippen molar-refractivity contribution in [1.29, 1.82) is 0 Å². The maximum absolute atomic E-state index is 5.16. The molecule has 0 bridgehead atoms. The molecule has 6 aromatic heterocycles. The van der Waals surface area contributed by atoms with Crippen molar-refractivity contribution in [3.05, 3.63) is 352 Å². The number of hydrogen-bond donors (Lipinski definition) is 0. The van der Waals surface area contributed by atoms with Crippen molar-refractivity contribution in [2.24, 2.45) is 0 Å². The molecule has 0 atom stereocenters. The van der Waals surface area contributed by atoms with Gasteiger partial charge in [0.15, 0.2) is 11.6 Å². The molecule has 0 aliphatic carbocycles. The fourth-order valence-electron chi connectivity index (χ4n) is 13.5. The molecule has 100 heavy (non-hydrogen) atoms. The molecule has 0 amide bonds. The van der Waals surface area contributed by atoms with Crippen LogP contribution in [-0.2, 0) is 0 Å². The third-order valence-corrected chi connectivity index (χ3v) is 18.7. The Morgan fingerprint density at radius 3 is 0.990 bits per heavy atom. The summed E-state index contributed by atoms with van der Waals surface area (Å²) in [4.78, 5) is 40.1. The van der Waals surface area contributed by atoms with Gasteiger partial charge < -0.3 is 0 Å². The van der Waals surface area contributed by atoms with Gasteiger partial charge in [0.05, 0.1) is 67.6 Å². The summed E-state index contributed by atoms with van der Waals surface area (Å²) >= 11 is 0. The molecule has 0 fully saturated rings. The van der Waals surface area contributed by atoms with Gasteiger partial charge in [-0.15, -0.1) is 0 Å². The fourth-order valence-corrected chi connectivity index (χ4v) is 13.5. The molecule has 6 heterocycles. The summed E-state index contributed by atoms with van der Waals surface area (Å²) in [5.41, 5.74) is 21.5. The van der Waals surface area contributed by atoms with Crippen LogP contribution in [0.4, 0.5) is 0 Å². The first-order valence-corrected chi connectivity index (χ1v) is 33.5. The molecule has 19 rings (SSSR count). The lowest BCUT2D eigenvalue weighted by molar-refractivity contribution is 1.17. The number of pyridine rings is 4. The molecular formula is C92H58N8.